The van der Waals surface area contributed by atoms with Crippen LogP contribution in [0.2, 0.25) is 0 Å². The maximum atomic E-state index is 11.7. The lowest BCUT2D eigenvalue weighted by molar-refractivity contribution is 0.0485. The second-order valence-corrected chi connectivity index (χ2v) is 5.95. The van der Waals surface area contributed by atoms with E-state index in [-0.39, 0.29) is 11.6 Å². The van der Waals surface area contributed by atoms with Gasteiger partial charge >= 0.3 is 6.09 Å². The molecule has 1 aliphatic rings. The average Bonchev–Trinajstić information content (AvgIpc) is 2.15. The molecule has 0 atom stereocenters. The number of alkyl carbamates (subject to hydrolysis) is 1. The van der Waals surface area contributed by atoms with Gasteiger partial charge in [-0.2, -0.15) is 0 Å². The molecule has 0 radical (unpaired) electrons. The zero-order valence-corrected chi connectivity index (χ0v) is 11.5. The Labute approximate surface area is 104 Å². The molecular formula is C13H24N2O2. The number of hydrogen-bond donors (Lipinski definition) is 2. The van der Waals surface area contributed by atoms with Crippen molar-refractivity contribution in [3.8, 4) is 0 Å². The monoisotopic (exact) mass is 240 g/mol. The molecular weight excluding hydrogens is 216 g/mol. The van der Waals surface area contributed by atoms with E-state index in [4.69, 9.17) is 4.74 Å². The van der Waals surface area contributed by atoms with Crippen LogP contribution in [0.25, 0.3) is 0 Å². The summed E-state index contributed by atoms with van der Waals surface area (Å²) in [6.07, 6.45) is 2.83. The Kier molecular flexibility index (Phi) is 4.20. The van der Waals surface area contributed by atoms with Gasteiger partial charge in [-0.15, -0.1) is 0 Å². The summed E-state index contributed by atoms with van der Waals surface area (Å²) in [5.41, 5.74) is 0.379. The van der Waals surface area contributed by atoms with Crippen LogP contribution in [0.15, 0.2) is 11.6 Å². The highest BCUT2D eigenvalue weighted by Gasteiger charge is 2.28. The van der Waals surface area contributed by atoms with Crippen molar-refractivity contribution in [1.82, 2.24) is 10.6 Å². The summed E-state index contributed by atoms with van der Waals surface area (Å²) in [6, 6.07) is 0. The quantitative estimate of drug-likeness (QED) is 0.728. The molecule has 0 saturated heterocycles. The highest BCUT2D eigenvalue weighted by Crippen LogP contribution is 2.19. The molecule has 0 fully saturated rings. The van der Waals surface area contributed by atoms with Gasteiger partial charge in [0.15, 0.2) is 0 Å². The van der Waals surface area contributed by atoms with Crippen molar-refractivity contribution in [3.63, 3.8) is 0 Å². The molecule has 0 aromatic heterocycles. The number of ether oxygens (including phenoxy) is 1. The minimum absolute atomic E-state index is 0.365. The molecule has 2 N–H and O–H groups in total. The Morgan fingerprint density at radius 3 is 2.47 bits per heavy atom. The second-order valence-electron chi connectivity index (χ2n) is 5.95. The smallest absolute Gasteiger partial charge is 0.408 e. The average molecular weight is 240 g/mol. The van der Waals surface area contributed by atoms with Gasteiger partial charge in [-0.25, -0.2) is 4.79 Å². The molecule has 98 valence electrons. The summed E-state index contributed by atoms with van der Waals surface area (Å²) < 4.78 is 5.27. The summed E-state index contributed by atoms with van der Waals surface area (Å²) in [4.78, 5) is 11.7. The molecule has 1 rings (SSSR count). The summed E-state index contributed by atoms with van der Waals surface area (Å²) in [6.45, 7) is 11.4. The van der Waals surface area contributed by atoms with E-state index >= 15 is 0 Å². The van der Waals surface area contributed by atoms with Gasteiger partial charge in [0.1, 0.15) is 5.60 Å². The summed E-state index contributed by atoms with van der Waals surface area (Å²) in [5, 5.41) is 6.22. The number of carbonyl (C=O) groups excluding carboxylic acids is 1. The molecule has 17 heavy (non-hydrogen) atoms. The van der Waals surface area contributed by atoms with Gasteiger partial charge < -0.3 is 15.4 Å². The minimum Gasteiger partial charge on any atom is -0.444 e. The van der Waals surface area contributed by atoms with Crippen LogP contribution in [0, 0.1) is 0 Å². The zero-order valence-electron chi connectivity index (χ0n) is 11.5. The first-order valence-corrected chi connectivity index (χ1v) is 6.12. The van der Waals surface area contributed by atoms with Crippen molar-refractivity contribution >= 4 is 6.09 Å². The highest BCUT2D eigenvalue weighted by atomic mass is 16.6. The van der Waals surface area contributed by atoms with Crippen LogP contribution in [-0.2, 0) is 4.74 Å². The van der Waals surface area contributed by atoms with Gasteiger partial charge in [0.25, 0.3) is 0 Å². The van der Waals surface area contributed by atoms with Crippen LogP contribution in [0.4, 0.5) is 4.79 Å². The molecule has 0 aliphatic carbocycles. The number of carbonyl (C=O) groups is 1. The van der Waals surface area contributed by atoms with E-state index in [1.165, 1.54) is 5.57 Å². The molecule has 4 nitrogen and oxygen atoms in total. The first-order chi connectivity index (χ1) is 7.71. The SMILES string of the molecule is CC(C)(C)OC(=O)NC(C)(C)C1=CCCNC1. The van der Waals surface area contributed by atoms with Crippen molar-refractivity contribution in [2.24, 2.45) is 0 Å². The van der Waals surface area contributed by atoms with Gasteiger partial charge in [-0.3, -0.25) is 0 Å². The van der Waals surface area contributed by atoms with Crippen LogP contribution in [0.3, 0.4) is 0 Å². The lowest BCUT2D eigenvalue weighted by Crippen LogP contribution is -2.49. The van der Waals surface area contributed by atoms with E-state index in [0.717, 1.165) is 19.5 Å². The summed E-state index contributed by atoms with van der Waals surface area (Å²) >= 11 is 0. The fourth-order valence-corrected chi connectivity index (χ4v) is 1.76. The van der Waals surface area contributed by atoms with Crippen LogP contribution in [0.5, 0.6) is 0 Å². The number of amides is 1. The number of hydrogen-bond acceptors (Lipinski definition) is 3. The fourth-order valence-electron chi connectivity index (χ4n) is 1.76. The predicted molar refractivity (Wildman–Crippen MR) is 69.0 cm³/mol. The Hall–Kier alpha value is -1.03. The molecule has 0 unspecified atom stereocenters. The van der Waals surface area contributed by atoms with Crippen molar-refractivity contribution in [2.75, 3.05) is 13.1 Å². The van der Waals surface area contributed by atoms with Gasteiger partial charge in [0.05, 0.1) is 5.54 Å². The van der Waals surface area contributed by atoms with E-state index < -0.39 is 5.60 Å². The first kappa shape index (κ1) is 14.0. The van der Waals surface area contributed by atoms with Gasteiger partial charge in [-0.1, -0.05) is 6.08 Å². The molecule has 1 aliphatic heterocycles. The van der Waals surface area contributed by atoms with Crippen LogP contribution >= 0.6 is 0 Å². The first-order valence-electron chi connectivity index (χ1n) is 6.12. The van der Waals surface area contributed by atoms with E-state index in [1.54, 1.807) is 0 Å². The van der Waals surface area contributed by atoms with E-state index in [9.17, 15) is 4.79 Å². The topological polar surface area (TPSA) is 50.4 Å². The maximum Gasteiger partial charge on any atom is 0.408 e. The molecule has 0 saturated carbocycles. The standard InChI is InChI=1S/C13H24N2O2/c1-12(2,3)17-11(16)15-13(4,5)10-7-6-8-14-9-10/h7,14H,6,8-9H2,1-5H3,(H,15,16). The zero-order chi connectivity index (χ0) is 13.1. The van der Waals surface area contributed by atoms with E-state index in [1.807, 2.05) is 34.6 Å². The molecule has 0 aromatic carbocycles. The molecule has 0 bridgehead atoms. The number of rotatable bonds is 2. The summed E-state index contributed by atoms with van der Waals surface area (Å²) in [5.74, 6) is 0. The minimum atomic E-state index is -0.459. The fraction of sp³-hybridized carbons (Fsp3) is 0.769. The van der Waals surface area contributed by atoms with Crippen LogP contribution in [-0.4, -0.2) is 30.3 Å². The third-order valence-electron chi connectivity index (χ3n) is 2.64. The predicted octanol–water partition coefficient (Wildman–Crippen LogP) is 2.21. The maximum absolute atomic E-state index is 11.7. The van der Waals surface area contributed by atoms with E-state index in [0.29, 0.717) is 0 Å². The van der Waals surface area contributed by atoms with Gasteiger partial charge in [0, 0.05) is 6.54 Å². The number of nitrogens with one attached hydrogen (secondary N) is 2. The van der Waals surface area contributed by atoms with Crippen molar-refractivity contribution in [1.29, 1.82) is 0 Å². The third kappa shape index (κ3) is 4.77. The highest BCUT2D eigenvalue weighted by molar-refractivity contribution is 5.69. The van der Waals surface area contributed by atoms with Crippen molar-refractivity contribution in [3.05, 3.63) is 11.6 Å². The summed E-state index contributed by atoms with van der Waals surface area (Å²) in [7, 11) is 0. The van der Waals surface area contributed by atoms with Crippen LogP contribution < -0.4 is 10.6 Å². The van der Waals surface area contributed by atoms with Crippen molar-refractivity contribution < 1.29 is 9.53 Å². The molecule has 0 aromatic rings. The lowest BCUT2D eigenvalue weighted by atomic mass is 9.91. The third-order valence-corrected chi connectivity index (χ3v) is 2.64. The largest absolute Gasteiger partial charge is 0.444 e. The lowest BCUT2D eigenvalue weighted by Gasteiger charge is -2.32. The molecule has 4 heteroatoms. The Morgan fingerprint density at radius 1 is 1.35 bits per heavy atom. The normalized spacial score (nSPS) is 17.4. The second kappa shape index (κ2) is 5.08. The van der Waals surface area contributed by atoms with Gasteiger partial charge in [0.2, 0.25) is 0 Å². The van der Waals surface area contributed by atoms with Gasteiger partial charge in [-0.05, 0) is 53.2 Å². The molecule has 1 heterocycles. The van der Waals surface area contributed by atoms with Crippen molar-refractivity contribution in [2.45, 2.75) is 52.2 Å². The molecule has 1 amide bonds. The Bertz CT molecular complexity index is 314. The Morgan fingerprint density at radius 2 is 2.00 bits per heavy atom. The molecule has 0 spiro atoms. The Balaban J connectivity index is 2.59. The van der Waals surface area contributed by atoms with E-state index in [2.05, 4.69) is 16.7 Å². The van der Waals surface area contributed by atoms with Crippen LogP contribution in [0.1, 0.15) is 41.0 Å².